The number of hydrogen-bond acceptors (Lipinski definition) is 5. The first kappa shape index (κ1) is 18.9. The van der Waals surface area contributed by atoms with Gasteiger partial charge in [0.1, 0.15) is 0 Å². The first-order valence-corrected chi connectivity index (χ1v) is 10.7. The maximum Gasteiger partial charge on any atom is 0.315 e. The first-order valence-electron chi connectivity index (χ1n) is 8.83. The molecule has 2 amide bonds. The Labute approximate surface area is 162 Å². The molecule has 3 rings (SSSR count). The molecule has 26 heavy (non-hydrogen) atoms. The minimum absolute atomic E-state index is 0.472. The number of thioether (sulfide) groups is 1. The number of carbonyl (C=O) groups is 2. The molecule has 5 nitrogen and oxygen atoms in total. The molecular formula is C19H23N3O2S2. The van der Waals surface area contributed by atoms with Crippen molar-refractivity contribution in [2.45, 2.75) is 37.9 Å². The summed E-state index contributed by atoms with van der Waals surface area (Å²) >= 11 is 3.37. The van der Waals surface area contributed by atoms with Gasteiger partial charge in [-0.25, -0.2) is 4.98 Å². The topological polar surface area (TPSA) is 71.1 Å². The van der Waals surface area contributed by atoms with Crippen molar-refractivity contribution in [3.8, 4) is 0 Å². The second-order valence-electron chi connectivity index (χ2n) is 6.32. The molecule has 0 spiro atoms. The van der Waals surface area contributed by atoms with Gasteiger partial charge in [0, 0.05) is 23.1 Å². The Bertz CT molecular complexity index is 755. The van der Waals surface area contributed by atoms with Gasteiger partial charge in [-0.05, 0) is 37.5 Å². The largest absolute Gasteiger partial charge is 0.348 e. The van der Waals surface area contributed by atoms with E-state index in [0.29, 0.717) is 16.9 Å². The van der Waals surface area contributed by atoms with Gasteiger partial charge in [0.05, 0.1) is 5.69 Å². The third-order valence-electron chi connectivity index (χ3n) is 4.30. The molecule has 2 aromatic rings. The summed E-state index contributed by atoms with van der Waals surface area (Å²) in [6.07, 6.45) is 4.14. The van der Waals surface area contributed by atoms with E-state index in [1.807, 2.05) is 36.9 Å². The van der Waals surface area contributed by atoms with Gasteiger partial charge in [-0.1, -0.05) is 30.3 Å². The van der Waals surface area contributed by atoms with Crippen LogP contribution >= 0.6 is 23.1 Å². The Morgan fingerprint density at radius 2 is 2.04 bits per heavy atom. The van der Waals surface area contributed by atoms with Crippen molar-refractivity contribution in [1.82, 2.24) is 10.3 Å². The van der Waals surface area contributed by atoms with Gasteiger partial charge in [0.2, 0.25) is 0 Å². The molecule has 0 bridgehead atoms. The van der Waals surface area contributed by atoms with Crippen molar-refractivity contribution in [3.63, 3.8) is 0 Å². The normalized spacial score (nSPS) is 16.4. The van der Waals surface area contributed by atoms with Gasteiger partial charge in [-0.15, -0.1) is 11.3 Å². The highest BCUT2D eigenvalue weighted by atomic mass is 32.2. The molecule has 1 aromatic heterocycles. The summed E-state index contributed by atoms with van der Waals surface area (Å²) < 4.78 is 0. The number of aryl methyl sites for hydroxylation is 1. The number of aromatic nitrogens is 1. The van der Waals surface area contributed by atoms with Crippen molar-refractivity contribution >= 4 is 40.0 Å². The molecule has 0 aliphatic carbocycles. The van der Waals surface area contributed by atoms with Crippen molar-refractivity contribution < 1.29 is 9.59 Å². The summed E-state index contributed by atoms with van der Waals surface area (Å²) in [5.41, 5.74) is 2.08. The van der Waals surface area contributed by atoms with Gasteiger partial charge < -0.3 is 5.32 Å². The van der Waals surface area contributed by atoms with E-state index in [0.717, 1.165) is 23.4 Å². The van der Waals surface area contributed by atoms with Crippen LogP contribution < -0.4 is 10.6 Å². The lowest BCUT2D eigenvalue weighted by molar-refractivity contribution is -0.136. The van der Waals surface area contributed by atoms with Crippen LogP contribution in [-0.2, 0) is 16.0 Å². The Hall–Kier alpha value is -1.86. The Morgan fingerprint density at radius 3 is 2.77 bits per heavy atom. The lowest BCUT2D eigenvalue weighted by Gasteiger charge is -2.08. The zero-order valence-electron chi connectivity index (χ0n) is 14.8. The highest BCUT2D eigenvalue weighted by Crippen LogP contribution is 2.28. The standard InChI is InChI=1S/C19H23N3O2S2/c1-13-16(12-14-6-3-2-4-7-14)26-19(21-13)22-18(24)17(23)20-10-9-15-8-5-11-25-15/h2-4,6-7,15H,5,8-12H2,1H3,(H,20,23)(H,21,22,24). The lowest BCUT2D eigenvalue weighted by atomic mass is 10.1. The van der Waals surface area contributed by atoms with E-state index in [9.17, 15) is 9.59 Å². The molecule has 1 aliphatic heterocycles. The number of hydrogen-bond donors (Lipinski definition) is 2. The average molecular weight is 390 g/mol. The quantitative estimate of drug-likeness (QED) is 0.743. The summed E-state index contributed by atoms with van der Waals surface area (Å²) in [5, 5.41) is 6.41. The van der Waals surface area contributed by atoms with Gasteiger partial charge in [-0.2, -0.15) is 11.8 Å². The molecule has 1 aromatic carbocycles. The van der Waals surface area contributed by atoms with Crippen molar-refractivity contribution in [3.05, 3.63) is 46.5 Å². The zero-order chi connectivity index (χ0) is 18.4. The Balaban J connectivity index is 1.49. The molecule has 1 saturated heterocycles. The SMILES string of the molecule is Cc1nc(NC(=O)C(=O)NCCC2CCCS2)sc1Cc1ccccc1. The number of thiazole rings is 1. The van der Waals surface area contributed by atoms with Crippen LogP contribution in [0.2, 0.25) is 0 Å². The van der Waals surface area contributed by atoms with E-state index in [4.69, 9.17) is 0 Å². The van der Waals surface area contributed by atoms with E-state index < -0.39 is 11.8 Å². The first-order chi connectivity index (χ1) is 12.6. The van der Waals surface area contributed by atoms with Crippen LogP contribution in [0.4, 0.5) is 5.13 Å². The van der Waals surface area contributed by atoms with Crippen LogP contribution in [0.25, 0.3) is 0 Å². The molecule has 1 atom stereocenters. The van der Waals surface area contributed by atoms with Gasteiger partial charge in [-0.3, -0.25) is 14.9 Å². The summed E-state index contributed by atoms with van der Waals surface area (Å²) in [4.78, 5) is 29.5. The molecular weight excluding hydrogens is 366 g/mol. The second kappa shape index (κ2) is 9.19. The fraction of sp³-hybridized carbons (Fsp3) is 0.421. The van der Waals surface area contributed by atoms with Crippen LogP contribution in [0.3, 0.4) is 0 Å². The number of nitrogens with zero attached hydrogens (tertiary/aromatic N) is 1. The minimum atomic E-state index is -0.649. The second-order valence-corrected chi connectivity index (χ2v) is 8.82. The highest BCUT2D eigenvalue weighted by molar-refractivity contribution is 8.00. The third-order valence-corrected chi connectivity index (χ3v) is 6.84. The van der Waals surface area contributed by atoms with E-state index in [1.54, 1.807) is 0 Å². The van der Waals surface area contributed by atoms with E-state index in [-0.39, 0.29) is 0 Å². The number of carbonyl (C=O) groups excluding carboxylic acids is 2. The molecule has 1 unspecified atom stereocenters. The Morgan fingerprint density at radius 1 is 1.23 bits per heavy atom. The molecule has 7 heteroatoms. The molecule has 2 heterocycles. The molecule has 1 fully saturated rings. The summed E-state index contributed by atoms with van der Waals surface area (Å²) in [5.74, 6) is -0.0390. The molecule has 2 N–H and O–H groups in total. The third kappa shape index (κ3) is 5.32. The van der Waals surface area contributed by atoms with Crippen LogP contribution in [0, 0.1) is 6.92 Å². The van der Waals surface area contributed by atoms with Gasteiger partial charge in [0.25, 0.3) is 0 Å². The van der Waals surface area contributed by atoms with Crippen molar-refractivity contribution in [2.24, 2.45) is 0 Å². The summed E-state index contributed by atoms with van der Waals surface area (Å²) in [6, 6.07) is 10.1. The van der Waals surface area contributed by atoms with Crippen molar-refractivity contribution in [1.29, 1.82) is 0 Å². The average Bonchev–Trinajstić information content (AvgIpc) is 3.26. The monoisotopic (exact) mass is 389 g/mol. The van der Waals surface area contributed by atoms with E-state index >= 15 is 0 Å². The van der Waals surface area contributed by atoms with Crippen LogP contribution in [0.1, 0.15) is 35.4 Å². The molecule has 138 valence electrons. The van der Waals surface area contributed by atoms with Crippen LogP contribution in [-0.4, -0.2) is 34.3 Å². The lowest BCUT2D eigenvalue weighted by Crippen LogP contribution is -2.36. The summed E-state index contributed by atoms with van der Waals surface area (Å²) in [6.45, 7) is 2.46. The molecule has 0 radical (unpaired) electrons. The number of anilines is 1. The number of amides is 2. The number of benzene rings is 1. The molecule has 1 aliphatic rings. The zero-order valence-corrected chi connectivity index (χ0v) is 16.4. The smallest absolute Gasteiger partial charge is 0.315 e. The fourth-order valence-corrected chi connectivity index (χ4v) is 5.16. The van der Waals surface area contributed by atoms with E-state index in [1.165, 1.54) is 35.5 Å². The van der Waals surface area contributed by atoms with Gasteiger partial charge >= 0.3 is 11.8 Å². The maximum atomic E-state index is 12.1. The predicted octanol–water partition coefficient (Wildman–Crippen LogP) is 3.38. The maximum absolute atomic E-state index is 12.1. The molecule has 0 saturated carbocycles. The predicted molar refractivity (Wildman–Crippen MR) is 108 cm³/mol. The minimum Gasteiger partial charge on any atom is -0.348 e. The van der Waals surface area contributed by atoms with Gasteiger partial charge in [0.15, 0.2) is 5.13 Å². The number of rotatable bonds is 6. The van der Waals surface area contributed by atoms with E-state index in [2.05, 4.69) is 27.8 Å². The van der Waals surface area contributed by atoms with Crippen molar-refractivity contribution in [2.75, 3.05) is 17.6 Å². The summed E-state index contributed by atoms with van der Waals surface area (Å²) in [7, 11) is 0. The Kier molecular flexibility index (Phi) is 6.68. The van der Waals surface area contributed by atoms with Crippen LogP contribution in [0.15, 0.2) is 30.3 Å². The number of nitrogens with one attached hydrogen (secondary N) is 2. The van der Waals surface area contributed by atoms with Crippen LogP contribution in [0.5, 0.6) is 0 Å². The fourth-order valence-electron chi connectivity index (χ4n) is 2.88. The highest BCUT2D eigenvalue weighted by Gasteiger charge is 2.19.